The van der Waals surface area contributed by atoms with Gasteiger partial charge in [-0.2, -0.15) is 0 Å². The Morgan fingerprint density at radius 3 is 1.57 bits per heavy atom. The van der Waals surface area contributed by atoms with Gasteiger partial charge < -0.3 is 13.7 Å². The molecule has 3 heteroatoms. The van der Waals surface area contributed by atoms with Crippen LogP contribution in [0, 0.1) is 0 Å². The molecule has 2 aliphatic carbocycles. The smallest absolute Gasteiger partial charge is 0.159 e. The number of furan rings is 2. The maximum absolute atomic E-state index is 7.41. The van der Waals surface area contributed by atoms with Crippen molar-refractivity contribution in [1.82, 2.24) is 0 Å². The lowest BCUT2D eigenvalue weighted by Crippen LogP contribution is -2.18. The summed E-state index contributed by atoms with van der Waals surface area (Å²) in [5.74, 6) is 0. The summed E-state index contributed by atoms with van der Waals surface area (Å²) in [6.07, 6.45) is 0. The van der Waals surface area contributed by atoms with Gasteiger partial charge >= 0.3 is 0 Å². The molecule has 0 radical (unpaired) electrons. The van der Waals surface area contributed by atoms with Crippen LogP contribution in [0.3, 0.4) is 0 Å². The van der Waals surface area contributed by atoms with Gasteiger partial charge in [0, 0.05) is 54.9 Å². The van der Waals surface area contributed by atoms with Crippen LogP contribution in [0.4, 0.5) is 17.1 Å². The zero-order valence-electron chi connectivity index (χ0n) is 34.5. The summed E-state index contributed by atoms with van der Waals surface area (Å²) in [6, 6.07) is 64.2. The highest BCUT2D eigenvalue weighted by atomic mass is 16.3. The average molecular weight is 784 g/mol. The second-order valence-electron chi connectivity index (χ2n) is 18.0. The van der Waals surface area contributed by atoms with Crippen LogP contribution < -0.4 is 4.90 Å². The molecule has 0 spiro atoms. The lowest BCUT2D eigenvalue weighted by atomic mass is 9.82. The normalized spacial score (nSPS) is 14.5. The first-order valence-corrected chi connectivity index (χ1v) is 21.3. The quantitative estimate of drug-likeness (QED) is 0.178. The van der Waals surface area contributed by atoms with Crippen LogP contribution in [0.2, 0.25) is 0 Å². The Bertz CT molecular complexity index is 3560. The second kappa shape index (κ2) is 12.1. The van der Waals surface area contributed by atoms with Crippen LogP contribution in [-0.2, 0) is 10.8 Å². The summed E-state index contributed by atoms with van der Waals surface area (Å²) in [5.41, 5.74) is 19.0. The zero-order chi connectivity index (χ0) is 40.8. The third-order valence-electron chi connectivity index (χ3n) is 14.1. The molecule has 2 aliphatic rings. The van der Waals surface area contributed by atoms with Gasteiger partial charge in [-0.25, -0.2) is 0 Å². The summed E-state index contributed by atoms with van der Waals surface area (Å²) in [7, 11) is 0. The van der Waals surface area contributed by atoms with Crippen molar-refractivity contribution in [3.8, 4) is 33.4 Å². The maximum atomic E-state index is 7.41. The van der Waals surface area contributed by atoms with Crippen molar-refractivity contribution < 1.29 is 8.83 Å². The topological polar surface area (TPSA) is 29.5 Å². The number of benzene rings is 9. The van der Waals surface area contributed by atoms with Crippen LogP contribution >= 0.6 is 0 Å². The Kier molecular flexibility index (Phi) is 6.85. The molecular formula is C58H41NO2. The maximum Gasteiger partial charge on any atom is 0.159 e. The van der Waals surface area contributed by atoms with E-state index in [0.29, 0.717) is 0 Å². The summed E-state index contributed by atoms with van der Waals surface area (Å²) < 4.78 is 14.1. The van der Waals surface area contributed by atoms with E-state index in [0.717, 1.165) is 82.8 Å². The molecule has 2 heterocycles. The SMILES string of the molecule is CC1(C)c2ccccc2-c2ccc(N(c3ccc4c(c3)C(C)(C)c3ccccc3-4)c3cccc4c3oc3c(-c5cccc6c5oc5ccccc56)c5ccccc5cc34)cc21. The first-order chi connectivity index (χ1) is 29.8. The Labute approximate surface area is 354 Å². The lowest BCUT2D eigenvalue weighted by Gasteiger charge is -2.29. The Balaban J connectivity index is 1.09. The molecule has 0 fully saturated rings. The van der Waals surface area contributed by atoms with Crippen molar-refractivity contribution in [3.05, 3.63) is 198 Å². The summed E-state index contributed by atoms with van der Waals surface area (Å²) in [5, 5.41) is 6.64. The standard InChI is InChI=1S/C58H41NO2/c1-57(2)47-23-10-7-17-38(47)40-29-27-35(32-49(40)57)59(36-28-30-41-39-18-8-11-24-48(39)58(3,4)50(41)33-36)51-25-14-21-44-46-31-34-15-5-6-16-37(34)53(56(46)61-55(44)51)45-22-13-20-43-42-19-9-12-26-52(42)60-54(43)45/h5-33H,1-4H3. The number of hydrogen-bond acceptors (Lipinski definition) is 3. The van der Waals surface area contributed by atoms with Crippen molar-refractivity contribution in [2.45, 2.75) is 38.5 Å². The van der Waals surface area contributed by atoms with E-state index in [1.54, 1.807) is 0 Å². The molecule has 0 unspecified atom stereocenters. The number of para-hydroxylation sites is 3. The fourth-order valence-corrected chi connectivity index (χ4v) is 11.1. The van der Waals surface area contributed by atoms with Gasteiger partial charge in [-0.15, -0.1) is 0 Å². The van der Waals surface area contributed by atoms with Crippen molar-refractivity contribution in [1.29, 1.82) is 0 Å². The molecule has 0 bridgehead atoms. The van der Waals surface area contributed by atoms with E-state index >= 15 is 0 Å². The average Bonchev–Trinajstić information content (AvgIpc) is 3.99. The van der Waals surface area contributed by atoms with E-state index in [-0.39, 0.29) is 10.8 Å². The van der Waals surface area contributed by atoms with Crippen molar-refractivity contribution in [2.75, 3.05) is 4.90 Å². The third kappa shape index (κ3) is 4.64. The van der Waals surface area contributed by atoms with Crippen LogP contribution in [0.5, 0.6) is 0 Å². The molecule has 13 rings (SSSR count). The van der Waals surface area contributed by atoms with Crippen LogP contribution in [0.15, 0.2) is 185 Å². The first-order valence-electron chi connectivity index (χ1n) is 21.3. The van der Waals surface area contributed by atoms with Gasteiger partial charge in [0.1, 0.15) is 16.7 Å². The Morgan fingerprint density at radius 1 is 0.361 bits per heavy atom. The monoisotopic (exact) mass is 783 g/mol. The molecule has 2 aromatic heterocycles. The van der Waals surface area contributed by atoms with E-state index in [4.69, 9.17) is 8.83 Å². The first kappa shape index (κ1) is 34.5. The van der Waals surface area contributed by atoms with Gasteiger partial charge in [0.05, 0.1) is 5.69 Å². The summed E-state index contributed by atoms with van der Waals surface area (Å²) in [6.45, 7) is 9.43. The molecule has 290 valence electrons. The second-order valence-corrected chi connectivity index (χ2v) is 18.0. The minimum absolute atomic E-state index is 0.159. The fourth-order valence-electron chi connectivity index (χ4n) is 11.1. The van der Waals surface area contributed by atoms with E-state index in [9.17, 15) is 0 Å². The van der Waals surface area contributed by atoms with E-state index in [1.807, 2.05) is 6.07 Å². The molecule has 0 aliphatic heterocycles. The van der Waals surface area contributed by atoms with Gasteiger partial charge in [-0.3, -0.25) is 0 Å². The van der Waals surface area contributed by atoms with Gasteiger partial charge in [0.2, 0.25) is 0 Å². The number of rotatable bonds is 4. The highest BCUT2D eigenvalue weighted by Gasteiger charge is 2.38. The van der Waals surface area contributed by atoms with Crippen LogP contribution in [0.25, 0.3) is 88.0 Å². The fraction of sp³-hybridized carbons (Fsp3) is 0.103. The van der Waals surface area contributed by atoms with Crippen LogP contribution in [-0.4, -0.2) is 0 Å². The van der Waals surface area contributed by atoms with Gasteiger partial charge in [-0.05, 0) is 97.7 Å². The molecule has 61 heavy (non-hydrogen) atoms. The van der Waals surface area contributed by atoms with Crippen molar-refractivity contribution in [3.63, 3.8) is 0 Å². The van der Waals surface area contributed by atoms with Gasteiger partial charge in [0.25, 0.3) is 0 Å². The number of hydrogen-bond donors (Lipinski definition) is 0. The highest BCUT2D eigenvalue weighted by molar-refractivity contribution is 6.23. The molecule has 3 nitrogen and oxygen atoms in total. The predicted molar refractivity (Wildman–Crippen MR) is 254 cm³/mol. The zero-order valence-corrected chi connectivity index (χ0v) is 34.5. The molecule has 0 saturated carbocycles. The molecule has 9 aromatic carbocycles. The summed E-state index contributed by atoms with van der Waals surface area (Å²) in [4.78, 5) is 2.43. The Morgan fingerprint density at radius 2 is 0.885 bits per heavy atom. The van der Waals surface area contributed by atoms with Crippen LogP contribution in [0.1, 0.15) is 49.9 Å². The van der Waals surface area contributed by atoms with E-state index in [2.05, 4.69) is 202 Å². The Hall–Kier alpha value is -7.36. The van der Waals surface area contributed by atoms with Gasteiger partial charge in [-0.1, -0.05) is 161 Å². The van der Waals surface area contributed by atoms with E-state index < -0.39 is 0 Å². The number of fused-ring (bicyclic) bond motifs is 13. The molecule has 0 N–H and O–H groups in total. The third-order valence-corrected chi connectivity index (χ3v) is 14.1. The number of nitrogens with zero attached hydrogens (tertiary/aromatic N) is 1. The highest BCUT2D eigenvalue weighted by Crippen LogP contribution is 2.54. The van der Waals surface area contributed by atoms with Crippen molar-refractivity contribution >= 4 is 71.7 Å². The minimum atomic E-state index is -0.159. The molecular weight excluding hydrogens is 743 g/mol. The van der Waals surface area contributed by atoms with Crippen molar-refractivity contribution in [2.24, 2.45) is 0 Å². The summed E-state index contributed by atoms with van der Waals surface area (Å²) >= 11 is 0. The predicted octanol–water partition coefficient (Wildman–Crippen LogP) is 16.4. The molecule has 0 amide bonds. The molecule has 0 atom stereocenters. The number of anilines is 3. The lowest BCUT2D eigenvalue weighted by molar-refractivity contribution is 0.659. The van der Waals surface area contributed by atoms with Gasteiger partial charge in [0.15, 0.2) is 5.58 Å². The molecule has 0 saturated heterocycles. The largest absolute Gasteiger partial charge is 0.455 e. The molecule has 11 aromatic rings. The van der Waals surface area contributed by atoms with E-state index in [1.165, 1.54) is 44.5 Å². The minimum Gasteiger partial charge on any atom is -0.455 e.